The lowest BCUT2D eigenvalue weighted by atomic mass is 10.1. The molecule has 0 aromatic heterocycles. The summed E-state index contributed by atoms with van der Waals surface area (Å²) >= 11 is 0. The summed E-state index contributed by atoms with van der Waals surface area (Å²) in [6, 6.07) is 12.1. The predicted molar refractivity (Wildman–Crippen MR) is 108 cm³/mol. The maximum Gasteiger partial charge on any atom is 0.231 e. The summed E-state index contributed by atoms with van der Waals surface area (Å²) < 4.78 is 21.7. The molecule has 0 bridgehead atoms. The molecule has 0 fully saturated rings. The SMILES string of the molecule is CN=C(NCc1ccc2c(c1)OCO2)NCc1ccc(C)cc1OCCOC. The fourth-order valence-electron chi connectivity index (χ4n) is 2.81. The first-order valence-corrected chi connectivity index (χ1v) is 9.24. The number of hydrogen-bond acceptors (Lipinski definition) is 5. The van der Waals surface area contributed by atoms with E-state index in [2.05, 4.69) is 27.8 Å². The van der Waals surface area contributed by atoms with Gasteiger partial charge in [0, 0.05) is 32.8 Å². The molecular weight excluding hydrogens is 358 g/mol. The second-order valence-electron chi connectivity index (χ2n) is 6.42. The van der Waals surface area contributed by atoms with Gasteiger partial charge in [-0.15, -0.1) is 0 Å². The van der Waals surface area contributed by atoms with Gasteiger partial charge in [0.25, 0.3) is 0 Å². The van der Waals surface area contributed by atoms with Gasteiger partial charge >= 0.3 is 0 Å². The minimum atomic E-state index is 0.279. The third kappa shape index (κ3) is 5.29. The van der Waals surface area contributed by atoms with Gasteiger partial charge in [0.15, 0.2) is 17.5 Å². The Kier molecular flexibility index (Phi) is 6.97. The van der Waals surface area contributed by atoms with E-state index >= 15 is 0 Å². The number of nitrogens with zero attached hydrogens (tertiary/aromatic N) is 1. The quantitative estimate of drug-likeness (QED) is 0.413. The predicted octanol–water partition coefficient (Wildman–Crippen LogP) is 2.61. The lowest BCUT2D eigenvalue weighted by molar-refractivity contribution is 0.145. The highest BCUT2D eigenvalue weighted by atomic mass is 16.7. The number of rotatable bonds is 8. The molecule has 0 atom stereocenters. The Balaban J connectivity index is 1.55. The van der Waals surface area contributed by atoms with Crippen molar-refractivity contribution in [3.63, 3.8) is 0 Å². The second kappa shape index (κ2) is 9.85. The average molecular weight is 385 g/mol. The molecule has 150 valence electrons. The van der Waals surface area contributed by atoms with E-state index in [9.17, 15) is 0 Å². The minimum Gasteiger partial charge on any atom is -0.491 e. The lowest BCUT2D eigenvalue weighted by Gasteiger charge is -2.15. The number of aryl methyl sites for hydroxylation is 1. The summed E-state index contributed by atoms with van der Waals surface area (Å²) in [5.41, 5.74) is 3.31. The molecule has 1 aliphatic heterocycles. The molecule has 2 N–H and O–H groups in total. The van der Waals surface area contributed by atoms with E-state index in [1.165, 1.54) is 0 Å². The van der Waals surface area contributed by atoms with Gasteiger partial charge in [0.2, 0.25) is 6.79 Å². The van der Waals surface area contributed by atoms with Crippen LogP contribution >= 0.6 is 0 Å². The van der Waals surface area contributed by atoms with Crippen LogP contribution in [0.1, 0.15) is 16.7 Å². The standard InChI is InChI=1S/C21H27N3O4/c1-15-4-6-17(19(10-15)26-9-8-25-3)13-24-21(22-2)23-12-16-5-7-18-20(11-16)28-14-27-18/h4-7,10-11H,8-9,12-14H2,1-3H3,(H2,22,23,24). The van der Waals surface area contributed by atoms with Gasteiger partial charge in [-0.2, -0.15) is 0 Å². The number of fused-ring (bicyclic) bond motifs is 1. The van der Waals surface area contributed by atoms with Crippen molar-refractivity contribution in [2.45, 2.75) is 20.0 Å². The first-order chi connectivity index (χ1) is 13.7. The molecule has 7 heteroatoms. The normalized spacial score (nSPS) is 12.8. The van der Waals surface area contributed by atoms with Crippen molar-refractivity contribution >= 4 is 5.96 Å². The van der Waals surface area contributed by atoms with Crippen LogP contribution in [-0.2, 0) is 17.8 Å². The highest BCUT2D eigenvalue weighted by Crippen LogP contribution is 2.32. The molecule has 0 aliphatic carbocycles. The number of aliphatic imine (C=N–C) groups is 1. The maximum atomic E-state index is 5.85. The highest BCUT2D eigenvalue weighted by molar-refractivity contribution is 5.79. The molecule has 0 radical (unpaired) electrons. The van der Waals surface area contributed by atoms with E-state index in [1.54, 1.807) is 14.2 Å². The number of hydrogen-bond donors (Lipinski definition) is 2. The van der Waals surface area contributed by atoms with Crippen LogP contribution in [0.25, 0.3) is 0 Å². The molecule has 0 amide bonds. The Bertz CT molecular complexity index is 823. The summed E-state index contributed by atoms with van der Waals surface area (Å²) in [5.74, 6) is 3.13. The third-order valence-corrected chi connectivity index (χ3v) is 4.33. The van der Waals surface area contributed by atoms with Gasteiger partial charge in [-0.1, -0.05) is 18.2 Å². The molecule has 0 saturated heterocycles. The van der Waals surface area contributed by atoms with E-state index in [0.29, 0.717) is 32.3 Å². The first kappa shape index (κ1) is 19.8. The lowest BCUT2D eigenvalue weighted by Crippen LogP contribution is -2.36. The summed E-state index contributed by atoms with van der Waals surface area (Å²) in [4.78, 5) is 4.29. The van der Waals surface area contributed by atoms with Gasteiger partial charge in [-0.3, -0.25) is 4.99 Å². The smallest absolute Gasteiger partial charge is 0.231 e. The Morgan fingerprint density at radius 1 is 1.04 bits per heavy atom. The Labute approximate surface area is 165 Å². The van der Waals surface area contributed by atoms with Crippen LogP contribution in [0, 0.1) is 6.92 Å². The zero-order chi connectivity index (χ0) is 19.8. The summed E-state index contributed by atoms with van der Waals surface area (Å²) in [5, 5.41) is 6.64. The average Bonchev–Trinajstić information content (AvgIpc) is 3.17. The van der Waals surface area contributed by atoms with E-state index in [4.69, 9.17) is 18.9 Å². The van der Waals surface area contributed by atoms with E-state index in [-0.39, 0.29) is 6.79 Å². The van der Waals surface area contributed by atoms with Crippen molar-refractivity contribution in [1.29, 1.82) is 0 Å². The zero-order valence-electron chi connectivity index (χ0n) is 16.6. The summed E-state index contributed by atoms with van der Waals surface area (Å²) in [6.45, 7) is 4.63. The van der Waals surface area contributed by atoms with Crippen molar-refractivity contribution in [2.75, 3.05) is 34.2 Å². The molecular formula is C21H27N3O4. The number of nitrogens with one attached hydrogen (secondary N) is 2. The van der Waals surface area contributed by atoms with Crippen molar-refractivity contribution in [3.05, 3.63) is 53.1 Å². The van der Waals surface area contributed by atoms with Crippen LogP contribution in [0.5, 0.6) is 17.2 Å². The Hall–Kier alpha value is -2.93. The van der Waals surface area contributed by atoms with Crippen LogP contribution in [-0.4, -0.2) is 40.1 Å². The number of guanidine groups is 1. The maximum absolute atomic E-state index is 5.85. The van der Waals surface area contributed by atoms with Gasteiger partial charge < -0.3 is 29.6 Å². The monoisotopic (exact) mass is 385 g/mol. The largest absolute Gasteiger partial charge is 0.491 e. The fourth-order valence-corrected chi connectivity index (χ4v) is 2.81. The molecule has 2 aromatic carbocycles. The zero-order valence-corrected chi connectivity index (χ0v) is 16.6. The van der Waals surface area contributed by atoms with Crippen molar-refractivity contribution in [1.82, 2.24) is 10.6 Å². The Morgan fingerprint density at radius 2 is 1.86 bits per heavy atom. The first-order valence-electron chi connectivity index (χ1n) is 9.24. The van der Waals surface area contributed by atoms with Crippen LogP contribution < -0.4 is 24.8 Å². The highest BCUT2D eigenvalue weighted by Gasteiger charge is 2.13. The van der Waals surface area contributed by atoms with E-state index in [0.717, 1.165) is 33.9 Å². The summed E-state index contributed by atoms with van der Waals surface area (Å²) in [6.07, 6.45) is 0. The molecule has 7 nitrogen and oxygen atoms in total. The second-order valence-corrected chi connectivity index (χ2v) is 6.42. The molecule has 1 heterocycles. The number of methoxy groups -OCH3 is 1. The van der Waals surface area contributed by atoms with Crippen molar-refractivity contribution in [3.8, 4) is 17.2 Å². The van der Waals surface area contributed by atoms with Crippen molar-refractivity contribution < 1.29 is 18.9 Å². The van der Waals surface area contributed by atoms with Crippen LogP contribution in [0.15, 0.2) is 41.4 Å². The molecule has 3 rings (SSSR count). The molecule has 0 saturated carbocycles. The Morgan fingerprint density at radius 3 is 2.68 bits per heavy atom. The molecule has 28 heavy (non-hydrogen) atoms. The van der Waals surface area contributed by atoms with Crippen LogP contribution in [0.4, 0.5) is 0 Å². The summed E-state index contributed by atoms with van der Waals surface area (Å²) in [7, 11) is 3.41. The van der Waals surface area contributed by atoms with E-state index < -0.39 is 0 Å². The van der Waals surface area contributed by atoms with Crippen molar-refractivity contribution in [2.24, 2.45) is 4.99 Å². The number of benzene rings is 2. The minimum absolute atomic E-state index is 0.279. The third-order valence-electron chi connectivity index (χ3n) is 4.33. The molecule has 2 aromatic rings. The van der Waals surface area contributed by atoms with Crippen LogP contribution in [0.3, 0.4) is 0 Å². The van der Waals surface area contributed by atoms with E-state index in [1.807, 2.05) is 31.2 Å². The van der Waals surface area contributed by atoms with Crippen LogP contribution in [0.2, 0.25) is 0 Å². The molecule has 1 aliphatic rings. The molecule has 0 unspecified atom stereocenters. The van der Waals surface area contributed by atoms with Gasteiger partial charge in [-0.05, 0) is 36.2 Å². The topological polar surface area (TPSA) is 73.3 Å². The van der Waals surface area contributed by atoms with Gasteiger partial charge in [-0.25, -0.2) is 0 Å². The fraction of sp³-hybridized carbons (Fsp3) is 0.381. The van der Waals surface area contributed by atoms with Gasteiger partial charge in [0.1, 0.15) is 12.4 Å². The van der Waals surface area contributed by atoms with Gasteiger partial charge in [0.05, 0.1) is 6.61 Å². The number of ether oxygens (including phenoxy) is 4. The molecule has 0 spiro atoms.